The highest BCUT2D eigenvalue weighted by molar-refractivity contribution is 5.91. The van der Waals surface area contributed by atoms with Gasteiger partial charge in [-0.15, -0.1) is 0 Å². The lowest BCUT2D eigenvalue weighted by Crippen LogP contribution is -2.19. The number of ether oxygens (including phenoxy) is 1. The van der Waals surface area contributed by atoms with E-state index >= 15 is 0 Å². The molecule has 0 heterocycles. The molecule has 5 heteroatoms. The third-order valence-corrected chi connectivity index (χ3v) is 4.05. The summed E-state index contributed by atoms with van der Waals surface area (Å²) in [6.45, 7) is 2.87. The Morgan fingerprint density at radius 2 is 1.92 bits per heavy atom. The van der Waals surface area contributed by atoms with E-state index in [2.05, 4.69) is 22.3 Å². The predicted molar refractivity (Wildman–Crippen MR) is 107 cm³/mol. The number of carbonyl (C=O) groups excluding carboxylic acids is 1. The minimum atomic E-state index is -0.109. The van der Waals surface area contributed by atoms with Gasteiger partial charge in [-0.25, -0.2) is 0 Å². The number of benzene rings is 2. The van der Waals surface area contributed by atoms with E-state index in [1.807, 2.05) is 39.2 Å². The zero-order valence-corrected chi connectivity index (χ0v) is 15.9. The van der Waals surface area contributed by atoms with Crippen molar-refractivity contribution < 1.29 is 9.53 Å². The first-order chi connectivity index (χ1) is 12.5. The van der Waals surface area contributed by atoms with E-state index in [1.165, 1.54) is 0 Å². The number of rotatable bonds is 9. The molecule has 5 nitrogen and oxygen atoms in total. The van der Waals surface area contributed by atoms with E-state index < -0.39 is 0 Å². The number of hydrogen-bond donors (Lipinski definition) is 2. The Morgan fingerprint density at radius 1 is 1.19 bits per heavy atom. The van der Waals surface area contributed by atoms with Gasteiger partial charge in [0.1, 0.15) is 11.9 Å². The van der Waals surface area contributed by atoms with Crippen LogP contribution in [-0.2, 0) is 4.79 Å². The van der Waals surface area contributed by atoms with Crippen molar-refractivity contribution in [2.24, 2.45) is 0 Å². The lowest BCUT2D eigenvalue weighted by Gasteiger charge is -2.23. The largest absolute Gasteiger partial charge is 0.483 e. The van der Waals surface area contributed by atoms with Gasteiger partial charge in [-0.3, -0.25) is 4.79 Å². The SMILES string of the molecule is CCCC(=O)Nc1ccc(N)c(OC(CCN(C)C)c2ccccc2)c1. The van der Waals surface area contributed by atoms with Gasteiger partial charge >= 0.3 is 0 Å². The molecule has 0 spiro atoms. The highest BCUT2D eigenvalue weighted by Gasteiger charge is 2.16. The molecule has 0 fully saturated rings. The fourth-order valence-electron chi connectivity index (χ4n) is 2.65. The summed E-state index contributed by atoms with van der Waals surface area (Å²) < 4.78 is 6.26. The van der Waals surface area contributed by atoms with Crippen molar-refractivity contribution in [3.8, 4) is 5.75 Å². The summed E-state index contributed by atoms with van der Waals surface area (Å²) in [5.41, 5.74) is 8.48. The first kappa shape index (κ1) is 19.8. The van der Waals surface area contributed by atoms with E-state index in [1.54, 1.807) is 18.2 Å². The van der Waals surface area contributed by atoms with Crippen LogP contribution in [-0.4, -0.2) is 31.4 Å². The first-order valence-corrected chi connectivity index (χ1v) is 9.05. The van der Waals surface area contributed by atoms with Crippen LogP contribution >= 0.6 is 0 Å². The topological polar surface area (TPSA) is 67.6 Å². The molecular formula is C21H29N3O2. The molecule has 1 amide bonds. The summed E-state index contributed by atoms with van der Waals surface area (Å²) in [6.07, 6.45) is 2.03. The normalized spacial score (nSPS) is 12.0. The number of hydrogen-bond acceptors (Lipinski definition) is 4. The third kappa shape index (κ3) is 6.08. The van der Waals surface area contributed by atoms with Crippen LogP contribution in [0.3, 0.4) is 0 Å². The van der Waals surface area contributed by atoms with Crippen LogP contribution in [0.2, 0.25) is 0 Å². The smallest absolute Gasteiger partial charge is 0.224 e. The summed E-state index contributed by atoms with van der Waals surface area (Å²) in [5, 5.41) is 2.89. The zero-order chi connectivity index (χ0) is 18.9. The minimum Gasteiger partial charge on any atom is -0.483 e. The molecule has 2 aromatic rings. The van der Waals surface area contributed by atoms with Gasteiger partial charge in [-0.05, 0) is 38.2 Å². The van der Waals surface area contributed by atoms with Crippen LogP contribution in [0.15, 0.2) is 48.5 Å². The Hall–Kier alpha value is -2.53. The third-order valence-electron chi connectivity index (χ3n) is 4.05. The molecule has 0 bridgehead atoms. The summed E-state index contributed by atoms with van der Waals surface area (Å²) in [7, 11) is 4.08. The molecule has 26 heavy (non-hydrogen) atoms. The molecule has 0 radical (unpaired) electrons. The van der Waals surface area contributed by atoms with Crippen molar-refractivity contribution in [2.75, 3.05) is 31.7 Å². The van der Waals surface area contributed by atoms with Gasteiger partial charge in [0.2, 0.25) is 5.91 Å². The van der Waals surface area contributed by atoms with Gasteiger partial charge in [0.05, 0.1) is 5.69 Å². The number of nitrogens with two attached hydrogens (primary N) is 1. The maximum Gasteiger partial charge on any atom is 0.224 e. The van der Waals surface area contributed by atoms with Gasteiger partial charge in [0, 0.05) is 31.1 Å². The van der Waals surface area contributed by atoms with Crippen molar-refractivity contribution in [3.05, 3.63) is 54.1 Å². The summed E-state index contributed by atoms with van der Waals surface area (Å²) in [4.78, 5) is 14.0. The fraction of sp³-hybridized carbons (Fsp3) is 0.381. The van der Waals surface area contributed by atoms with Gasteiger partial charge < -0.3 is 20.7 Å². The monoisotopic (exact) mass is 355 g/mol. The highest BCUT2D eigenvalue weighted by atomic mass is 16.5. The van der Waals surface area contributed by atoms with Gasteiger partial charge in [-0.1, -0.05) is 37.3 Å². The molecule has 0 aliphatic rings. The summed E-state index contributed by atoms with van der Waals surface area (Å²) >= 11 is 0. The van der Waals surface area contributed by atoms with E-state index in [9.17, 15) is 4.79 Å². The molecular weight excluding hydrogens is 326 g/mol. The van der Waals surface area contributed by atoms with Gasteiger partial charge in [0.25, 0.3) is 0 Å². The first-order valence-electron chi connectivity index (χ1n) is 9.05. The van der Waals surface area contributed by atoms with Crippen molar-refractivity contribution >= 4 is 17.3 Å². The van der Waals surface area contributed by atoms with E-state index in [0.29, 0.717) is 23.5 Å². The minimum absolute atomic E-state index is 0.00422. The molecule has 2 rings (SSSR count). The van der Waals surface area contributed by atoms with Crippen LogP contribution in [0.5, 0.6) is 5.75 Å². The summed E-state index contributed by atoms with van der Waals surface area (Å²) in [6, 6.07) is 15.5. The maximum atomic E-state index is 11.8. The molecule has 140 valence electrons. The van der Waals surface area contributed by atoms with Crippen LogP contribution < -0.4 is 15.8 Å². The average molecular weight is 355 g/mol. The van der Waals surface area contributed by atoms with Crippen molar-refractivity contribution in [1.29, 1.82) is 0 Å². The fourth-order valence-corrected chi connectivity index (χ4v) is 2.65. The Bertz CT molecular complexity index is 702. The quantitative estimate of drug-likeness (QED) is 0.665. The Balaban J connectivity index is 2.19. The molecule has 1 atom stereocenters. The van der Waals surface area contributed by atoms with E-state index in [0.717, 1.165) is 24.9 Å². The number of anilines is 2. The standard InChI is InChI=1S/C21H29N3O2/c1-4-8-21(25)23-17-11-12-18(22)20(15-17)26-19(13-14-24(2)3)16-9-6-5-7-10-16/h5-7,9-12,15,19H,4,8,13-14,22H2,1-3H3,(H,23,25). The number of nitrogens with zero attached hydrogens (tertiary/aromatic N) is 1. The highest BCUT2D eigenvalue weighted by Crippen LogP contribution is 2.31. The van der Waals surface area contributed by atoms with E-state index in [4.69, 9.17) is 10.5 Å². The lowest BCUT2D eigenvalue weighted by molar-refractivity contribution is -0.116. The maximum absolute atomic E-state index is 11.8. The predicted octanol–water partition coefficient (Wildman–Crippen LogP) is 4.08. The van der Waals surface area contributed by atoms with Crippen LogP contribution in [0.25, 0.3) is 0 Å². The molecule has 0 aromatic heterocycles. The van der Waals surface area contributed by atoms with Crippen LogP contribution in [0.4, 0.5) is 11.4 Å². The van der Waals surface area contributed by atoms with Crippen molar-refractivity contribution in [2.45, 2.75) is 32.3 Å². The molecule has 0 aliphatic carbocycles. The molecule has 1 unspecified atom stereocenters. The second kappa shape index (κ2) is 9.82. The van der Waals surface area contributed by atoms with Crippen LogP contribution in [0.1, 0.15) is 37.9 Å². The second-order valence-electron chi connectivity index (χ2n) is 6.66. The average Bonchev–Trinajstić information content (AvgIpc) is 2.62. The van der Waals surface area contributed by atoms with Crippen molar-refractivity contribution in [1.82, 2.24) is 4.90 Å². The van der Waals surface area contributed by atoms with Gasteiger partial charge in [-0.2, -0.15) is 0 Å². The molecule has 3 N–H and O–H groups in total. The Labute approximate surface area is 156 Å². The lowest BCUT2D eigenvalue weighted by atomic mass is 10.1. The number of nitrogen functional groups attached to an aromatic ring is 1. The molecule has 0 saturated heterocycles. The van der Waals surface area contributed by atoms with Gasteiger partial charge in [0.15, 0.2) is 0 Å². The van der Waals surface area contributed by atoms with Crippen molar-refractivity contribution in [3.63, 3.8) is 0 Å². The molecule has 2 aromatic carbocycles. The number of amides is 1. The number of nitrogens with one attached hydrogen (secondary N) is 1. The zero-order valence-electron chi connectivity index (χ0n) is 15.9. The summed E-state index contributed by atoms with van der Waals surface area (Å²) in [5.74, 6) is 0.586. The Morgan fingerprint density at radius 3 is 2.58 bits per heavy atom. The molecule has 0 saturated carbocycles. The number of carbonyl (C=O) groups is 1. The molecule has 0 aliphatic heterocycles. The van der Waals surface area contributed by atoms with E-state index in [-0.39, 0.29) is 12.0 Å². The van der Waals surface area contributed by atoms with Crippen LogP contribution in [0, 0.1) is 0 Å². The Kier molecular flexibility index (Phi) is 7.48. The second-order valence-corrected chi connectivity index (χ2v) is 6.66.